The van der Waals surface area contributed by atoms with Crippen LogP contribution in [0.5, 0.6) is 5.75 Å². The van der Waals surface area contributed by atoms with Crippen molar-refractivity contribution in [2.75, 3.05) is 36.8 Å². The van der Waals surface area contributed by atoms with E-state index in [2.05, 4.69) is 29.8 Å². The van der Waals surface area contributed by atoms with Crippen molar-refractivity contribution < 1.29 is 22.7 Å². The van der Waals surface area contributed by atoms with Crippen LogP contribution >= 0.6 is 11.6 Å². The van der Waals surface area contributed by atoms with E-state index in [1.807, 2.05) is 4.90 Å². The molecule has 11 nitrogen and oxygen atoms in total. The van der Waals surface area contributed by atoms with Crippen LogP contribution in [0, 0.1) is 0 Å². The SMILES string of the molecule is C.Nc1ncnc2c1c(-c1ncc[nH]1)nn2CC(=O)N1CCN(c2ccc(Cl)c(OC(F)(F)F)c2)CC1. The summed E-state index contributed by atoms with van der Waals surface area (Å²) in [4.78, 5) is 32.0. The Hall–Kier alpha value is -4.07. The zero-order valence-electron chi connectivity index (χ0n) is 18.5. The molecule has 196 valence electrons. The fraction of sp³-hybridized carbons (Fsp3) is 0.318. The molecule has 0 unspecified atom stereocenters. The quantitative estimate of drug-likeness (QED) is 0.396. The molecule has 1 amide bonds. The molecule has 37 heavy (non-hydrogen) atoms. The third kappa shape index (κ3) is 5.38. The Kier molecular flexibility index (Phi) is 7.12. The van der Waals surface area contributed by atoms with E-state index in [9.17, 15) is 18.0 Å². The Morgan fingerprint density at radius 1 is 1.16 bits per heavy atom. The monoisotopic (exact) mass is 537 g/mol. The number of hydrogen-bond acceptors (Lipinski definition) is 8. The summed E-state index contributed by atoms with van der Waals surface area (Å²) < 4.78 is 43.4. The van der Waals surface area contributed by atoms with Gasteiger partial charge in [-0.25, -0.2) is 19.6 Å². The molecule has 15 heteroatoms. The number of fused-ring (bicyclic) bond motifs is 1. The average Bonchev–Trinajstić information content (AvgIpc) is 3.49. The van der Waals surface area contributed by atoms with Crippen molar-refractivity contribution >= 4 is 40.0 Å². The molecule has 0 saturated carbocycles. The number of nitrogens with one attached hydrogen (secondary N) is 1. The number of ether oxygens (including phenoxy) is 1. The predicted octanol–water partition coefficient (Wildman–Crippen LogP) is 3.34. The van der Waals surface area contributed by atoms with Gasteiger partial charge in [0.15, 0.2) is 11.5 Å². The lowest BCUT2D eigenvalue weighted by Crippen LogP contribution is -2.49. The fourth-order valence-electron chi connectivity index (χ4n) is 4.03. The molecule has 3 aromatic heterocycles. The molecule has 0 aliphatic carbocycles. The van der Waals surface area contributed by atoms with Gasteiger partial charge in [0.25, 0.3) is 0 Å². The number of anilines is 2. The number of hydrogen-bond donors (Lipinski definition) is 2. The summed E-state index contributed by atoms with van der Waals surface area (Å²) in [5, 5.41) is 4.85. The zero-order valence-corrected chi connectivity index (χ0v) is 19.3. The van der Waals surface area contributed by atoms with E-state index >= 15 is 0 Å². The van der Waals surface area contributed by atoms with E-state index in [1.54, 1.807) is 23.4 Å². The van der Waals surface area contributed by atoms with Crippen molar-refractivity contribution in [3.63, 3.8) is 0 Å². The molecule has 3 N–H and O–H groups in total. The molecule has 0 bridgehead atoms. The summed E-state index contributed by atoms with van der Waals surface area (Å²) in [6.07, 6.45) is -0.336. The summed E-state index contributed by atoms with van der Waals surface area (Å²) in [5.41, 5.74) is 7.40. The average molecular weight is 538 g/mol. The van der Waals surface area contributed by atoms with Crippen molar-refractivity contribution in [2.45, 2.75) is 20.3 Å². The summed E-state index contributed by atoms with van der Waals surface area (Å²) in [6.45, 7) is 1.45. The molecule has 4 aromatic rings. The third-order valence-electron chi connectivity index (χ3n) is 5.70. The molecule has 1 aromatic carbocycles. The van der Waals surface area contributed by atoms with Crippen molar-refractivity contribution in [1.82, 2.24) is 34.6 Å². The highest BCUT2D eigenvalue weighted by molar-refractivity contribution is 6.32. The van der Waals surface area contributed by atoms with Gasteiger partial charge >= 0.3 is 6.36 Å². The molecule has 1 aliphatic heterocycles. The number of carbonyl (C=O) groups excluding carboxylic acids is 1. The van der Waals surface area contributed by atoms with Gasteiger partial charge in [0, 0.05) is 50.3 Å². The maximum absolute atomic E-state index is 13.1. The highest BCUT2D eigenvalue weighted by atomic mass is 35.5. The summed E-state index contributed by atoms with van der Waals surface area (Å²) in [7, 11) is 0. The Morgan fingerprint density at radius 2 is 1.92 bits per heavy atom. The molecule has 1 saturated heterocycles. The lowest BCUT2D eigenvalue weighted by molar-refractivity contribution is -0.274. The van der Waals surface area contributed by atoms with Gasteiger partial charge in [0.05, 0.1) is 10.4 Å². The first-order valence-corrected chi connectivity index (χ1v) is 11.1. The lowest BCUT2D eigenvalue weighted by atomic mass is 10.2. The van der Waals surface area contributed by atoms with E-state index < -0.39 is 12.1 Å². The molecular weight excluding hydrogens is 515 g/mol. The summed E-state index contributed by atoms with van der Waals surface area (Å²) in [6, 6.07) is 4.20. The van der Waals surface area contributed by atoms with Crippen LogP contribution in [0.3, 0.4) is 0 Å². The number of carbonyl (C=O) groups is 1. The summed E-state index contributed by atoms with van der Waals surface area (Å²) >= 11 is 5.84. The normalized spacial score (nSPS) is 14.1. The smallest absolute Gasteiger partial charge is 0.404 e. The fourth-order valence-corrected chi connectivity index (χ4v) is 4.19. The van der Waals surface area contributed by atoms with Gasteiger partial charge in [-0.05, 0) is 12.1 Å². The lowest BCUT2D eigenvalue weighted by Gasteiger charge is -2.36. The molecule has 1 fully saturated rings. The van der Waals surface area contributed by atoms with E-state index in [-0.39, 0.29) is 30.7 Å². The van der Waals surface area contributed by atoms with Crippen molar-refractivity contribution in [3.05, 3.63) is 41.9 Å². The van der Waals surface area contributed by atoms with Crippen LogP contribution in [0.2, 0.25) is 5.02 Å². The second-order valence-corrected chi connectivity index (χ2v) is 8.34. The van der Waals surface area contributed by atoms with Crippen molar-refractivity contribution in [3.8, 4) is 17.3 Å². The number of aromatic amines is 1. The number of alkyl halides is 3. The molecule has 5 rings (SSSR count). The maximum atomic E-state index is 13.1. The Morgan fingerprint density at radius 3 is 2.59 bits per heavy atom. The number of nitrogen functional groups attached to an aromatic ring is 1. The van der Waals surface area contributed by atoms with E-state index in [0.29, 0.717) is 54.4 Å². The number of imidazole rings is 1. The number of rotatable bonds is 5. The zero-order chi connectivity index (χ0) is 25.4. The highest BCUT2D eigenvalue weighted by Crippen LogP contribution is 2.34. The third-order valence-corrected chi connectivity index (χ3v) is 6.02. The standard InChI is InChI=1S/C21H19ClF3N9O2.CH4/c22-13-2-1-12(9-14(13)36-21(23,24)25)32-5-7-33(8-6-32)15(35)10-34-20-16(18(26)29-11-30-20)17(31-34)19-27-3-4-28-19;/h1-4,9,11H,5-8,10H2,(H,27,28)(H2,26,29,30);1H4. The van der Waals surface area contributed by atoms with E-state index in [0.717, 1.165) is 0 Å². The highest BCUT2D eigenvalue weighted by Gasteiger charge is 2.32. The number of aromatic nitrogens is 6. The van der Waals surface area contributed by atoms with Crippen LogP contribution in [0.4, 0.5) is 24.7 Å². The minimum atomic E-state index is -4.85. The Bertz CT molecular complexity index is 1400. The number of H-pyrrole nitrogens is 1. The minimum Gasteiger partial charge on any atom is -0.404 e. The molecule has 0 spiro atoms. The number of piperazine rings is 1. The molecular formula is C22H23ClF3N9O2. The topological polar surface area (TPSA) is 131 Å². The van der Waals surface area contributed by atoms with Gasteiger partial charge in [0.1, 0.15) is 30.1 Å². The first kappa shape index (κ1) is 26.0. The van der Waals surface area contributed by atoms with Crippen LogP contribution in [0.1, 0.15) is 7.43 Å². The number of nitrogens with two attached hydrogens (primary N) is 1. The van der Waals surface area contributed by atoms with Crippen molar-refractivity contribution in [1.29, 1.82) is 0 Å². The minimum absolute atomic E-state index is 0. The second-order valence-electron chi connectivity index (χ2n) is 7.93. The Labute approximate surface area is 214 Å². The van der Waals surface area contributed by atoms with Crippen LogP contribution in [0.15, 0.2) is 36.9 Å². The van der Waals surface area contributed by atoms with Gasteiger partial charge in [0.2, 0.25) is 5.91 Å². The van der Waals surface area contributed by atoms with Gasteiger partial charge in [-0.3, -0.25) is 4.79 Å². The number of nitrogens with zero attached hydrogens (tertiary/aromatic N) is 7. The van der Waals surface area contributed by atoms with Gasteiger partial charge < -0.3 is 25.3 Å². The van der Waals surface area contributed by atoms with Gasteiger partial charge in [-0.1, -0.05) is 19.0 Å². The largest absolute Gasteiger partial charge is 0.573 e. The molecule has 0 radical (unpaired) electrons. The predicted molar refractivity (Wildman–Crippen MR) is 131 cm³/mol. The number of benzene rings is 1. The van der Waals surface area contributed by atoms with E-state index in [1.165, 1.54) is 23.1 Å². The van der Waals surface area contributed by atoms with Crippen molar-refractivity contribution in [2.24, 2.45) is 0 Å². The molecule has 1 aliphatic rings. The van der Waals surface area contributed by atoms with Crippen LogP contribution < -0.4 is 15.4 Å². The van der Waals surface area contributed by atoms with Crippen LogP contribution in [0.25, 0.3) is 22.6 Å². The first-order valence-electron chi connectivity index (χ1n) is 10.7. The van der Waals surface area contributed by atoms with E-state index in [4.69, 9.17) is 17.3 Å². The molecule has 4 heterocycles. The van der Waals surface area contributed by atoms with Crippen LogP contribution in [-0.2, 0) is 11.3 Å². The number of halogens is 4. The number of amides is 1. The first-order chi connectivity index (χ1) is 17.2. The Balaban J connectivity index is 0.00000320. The molecule has 0 atom stereocenters. The van der Waals surface area contributed by atoms with Gasteiger partial charge in [-0.2, -0.15) is 5.10 Å². The van der Waals surface area contributed by atoms with Gasteiger partial charge in [-0.15, -0.1) is 13.2 Å². The van der Waals surface area contributed by atoms with Crippen LogP contribution in [-0.4, -0.2) is 73.1 Å². The maximum Gasteiger partial charge on any atom is 0.573 e. The second kappa shape index (κ2) is 10.1. The summed E-state index contributed by atoms with van der Waals surface area (Å²) in [5.74, 6) is 0.0208.